The van der Waals surface area contributed by atoms with Crippen LogP contribution in [-0.4, -0.2) is 30.1 Å². The molecule has 0 aromatic heterocycles. The van der Waals surface area contributed by atoms with Crippen LogP contribution in [0.1, 0.15) is 27.7 Å². The highest BCUT2D eigenvalue weighted by Crippen LogP contribution is 2.12. The second-order valence-corrected chi connectivity index (χ2v) is 4.54. The molecule has 0 aromatic rings. The smallest absolute Gasteiger partial charge is 0.241 e. The summed E-state index contributed by atoms with van der Waals surface area (Å²) in [6, 6.07) is 0.0405. The van der Waals surface area contributed by atoms with Gasteiger partial charge in [0.1, 0.15) is 0 Å². The van der Waals surface area contributed by atoms with Gasteiger partial charge >= 0.3 is 0 Å². The topological polar surface area (TPSA) is 32.3 Å². The zero-order valence-corrected chi connectivity index (χ0v) is 9.00. The highest BCUT2D eigenvalue weighted by Gasteiger charge is 2.32. The van der Waals surface area contributed by atoms with E-state index >= 15 is 0 Å². The number of hydrogen-bond acceptors (Lipinski definition) is 2. The monoisotopic (exact) mass is 184 g/mol. The Morgan fingerprint density at radius 2 is 2.08 bits per heavy atom. The molecule has 1 unspecified atom stereocenters. The Morgan fingerprint density at radius 1 is 1.46 bits per heavy atom. The molecule has 0 saturated carbocycles. The molecule has 1 aliphatic heterocycles. The summed E-state index contributed by atoms with van der Waals surface area (Å²) >= 11 is 0. The molecule has 1 heterocycles. The Labute approximate surface area is 80.5 Å². The lowest BCUT2D eigenvalue weighted by Gasteiger charge is -2.18. The summed E-state index contributed by atoms with van der Waals surface area (Å²) in [5.41, 5.74) is 0. The molecule has 0 radical (unpaired) electrons. The van der Waals surface area contributed by atoms with Gasteiger partial charge in [-0.3, -0.25) is 10.1 Å². The molecule has 3 nitrogen and oxygen atoms in total. The molecule has 0 aliphatic carbocycles. The summed E-state index contributed by atoms with van der Waals surface area (Å²) in [4.78, 5) is 13.7. The van der Waals surface area contributed by atoms with Crippen molar-refractivity contribution in [1.82, 2.24) is 10.2 Å². The summed E-state index contributed by atoms with van der Waals surface area (Å²) in [7, 11) is 0. The van der Waals surface area contributed by atoms with E-state index in [0.29, 0.717) is 11.8 Å². The van der Waals surface area contributed by atoms with Crippen molar-refractivity contribution in [2.45, 2.75) is 33.7 Å². The third-order valence-electron chi connectivity index (χ3n) is 2.33. The summed E-state index contributed by atoms with van der Waals surface area (Å²) < 4.78 is 0. The predicted octanol–water partition coefficient (Wildman–Crippen LogP) is 1.06. The number of amides is 1. The van der Waals surface area contributed by atoms with Gasteiger partial charge in [-0.1, -0.05) is 27.7 Å². The molecule has 1 rings (SSSR count). The van der Waals surface area contributed by atoms with E-state index < -0.39 is 0 Å². The van der Waals surface area contributed by atoms with Gasteiger partial charge in [-0.2, -0.15) is 0 Å². The molecule has 1 N–H and O–H groups in total. The van der Waals surface area contributed by atoms with Gasteiger partial charge in [0.25, 0.3) is 0 Å². The van der Waals surface area contributed by atoms with Crippen LogP contribution in [0.25, 0.3) is 0 Å². The normalized spacial score (nSPS) is 23.7. The van der Waals surface area contributed by atoms with Gasteiger partial charge in [0, 0.05) is 6.54 Å². The van der Waals surface area contributed by atoms with Gasteiger partial charge in [-0.05, 0) is 11.8 Å². The Morgan fingerprint density at radius 3 is 2.46 bits per heavy atom. The van der Waals surface area contributed by atoms with Crippen LogP contribution < -0.4 is 5.32 Å². The van der Waals surface area contributed by atoms with Crippen molar-refractivity contribution in [1.29, 1.82) is 0 Å². The molecular weight excluding hydrogens is 164 g/mol. The Kier molecular flexibility index (Phi) is 3.31. The molecule has 3 heteroatoms. The quantitative estimate of drug-likeness (QED) is 0.711. The molecular formula is C10H20N2O. The van der Waals surface area contributed by atoms with Gasteiger partial charge in [0.05, 0.1) is 12.7 Å². The fourth-order valence-corrected chi connectivity index (χ4v) is 1.69. The maximum atomic E-state index is 11.7. The molecule has 1 saturated heterocycles. The minimum atomic E-state index is 0.0405. The van der Waals surface area contributed by atoms with Crippen molar-refractivity contribution >= 4 is 5.91 Å². The number of carbonyl (C=O) groups excluding carboxylic acids is 1. The van der Waals surface area contributed by atoms with Crippen LogP contribution in [0.15, 0.2) is 0 Å². The predicted molar refractivity (Wildman–Crippen MR) is 53.2 cm³/mol. The zero-order valence-electron chi connectivity index (χ0n) is 9.00. The number of nitrogens with zero attached hydrogens (tertiary/aromatic N) is 1. The third-order valence-corrected chi connectivity index (χ3v) is 2.33. The average molecular weight is 184 g/mol. The first kappa shape index (κ1) is 10.5. The minimum Gasteiger partial charge on any atom is -0.328 e. The molecule has 0 bridgehead atoms. The molecule has 1 fully saturated rings. The summed E-state index contributed by atoms with van der Waals surface area (Å²) in [6.45, 7) is 10.0. The standard InChI is InChI=1S/C10H20N2O/c1-7(2)5-12-6-11-9(8(3)4)10(12)13/h7-9,11H,5-6H2,1-4H3. The summed E-state index contributed by atoms with van der Waals surface area (Å²) in [6.07, 6.45) is 0. The lowest BCUT2D eigenvalue weighted by molar-refractivity contribution is -0.130. The zero-order chi connectivity index (χ0) is 10.0. The first-order chi connectivity index (χ1) is 6.02. The molecule has 13 heavy (non-hydrogen) atoms. The Hall–Kier alpha value is -0.570. The van der Waals surface area contributed by atoms with E-state index in [-0.39, 0.29) is 11.9 Å². The first-order valence-corrected chi connectivity index (χ1v) is 5.04. The van der Waals surface area contributed by atoms with Crippen LogP contribution in [0.3, 0.4) is 0 Å². The van der Waals surface area contributed by atoms with E-state index in [1.165, 1.54) is 0 Å². The first-order valence-electron chi connectivity index (χ1n) is 5.04. The molecule has 0 aromatic carbocycles. The van der Waals surface area contributed by atoms with E-state index in [1.807, 2.05) is 4.90 Å². The lowest BCUT2D eigenvalue weighted by atomic mass is 10.0. The van der Waals surface area contributed by atoms with Gasteiger partial charge < -0.3 is 4.90 Å². The van der Waals surface area contributed by atoms with E-state index in [2.05, 4.69) is 33.0 Å². The summed E-state index contributed by atoms with van der Waals surface area (Å²) in [5, 5.41) is 3.24. The molecule has 0 spiro atoms. The van der Waals surface area contributed by atoms with Crippen molar-refractivity contribution in [3.05, 3.63) is 0 Å². The second-order valence-electron chi connectivity index (χ2n) is 4.54. The van der Waals surface area contributed by atoms with Crippen LogP contribution in [0, 0.1) is 11.8 Å². The van der Waals surface area contributed by atoms with E-state index in [0.717, 1.165) is 13.2 Å². The molecule has 1 aliphatic rings. The van der Waals surface area contributed by atoms with Gasteiger partial charge in [-0.15, -0.1) is 0 Å². The van der Waals surface area contributed by atoms with Crippen LogP contribution in [0.2, 0.25) is 0 Å². The average Bonchev–Trinajstić information content (AvgIpc) is 2.32. The molecule has 76 valence electrons. The van der Waals surface area contributed by atoms with Crippen molar-refractivity contribution < 1.29 is 4.79 Å². The van der Waals surface area contributed by atoms with E-state index in [1.54, 1.807) is 0 Å². The minimum absolute atomic E-state index is 0.0405. The van der Waals surface area contributed by atoms with Crippen molar-refractivity contribution in [3.63, 3.8) is 0 Å². The van der Waals surface area contributed by atoms with Crippen molar-refractivity contribution in [3.8, 4) is 0 Å². The maximum Gasteiger partial charge on any atom is 0.241 e. The second kappa shape index (κ2) is 4.09. The van der Waals surface area contributed by atoms with E-state index in [9.17, 15) is 4.79 Å². The third kappa shape index (κ3) is 2.44. The Bertz CT molecular complexity index is 189. The summed E-state index contributed by atoms with van der Waals surface area (Å²) in [5.74, 6) is 1.21. The van der Waals surface area contributed by atoms with Crippen LogP contribution in [0.5, 0.6) is 0 Å². The molecule has 1 atom stereocenters. The van der Waals surface area contributed by atoms with Crippen LogP contribution in [-0.2, 0) is 4.79 Å². The van der Waals surface area contributed by atoms with Crippen LogP contribution >= 0.6 is 0 Å². The molecule has 1 amide bonds. The Balaban J connectivity index is 2.50. The van der Waals surface area contributed by atoms with Crippen molar-refractivity contribution in [2.24, 2.45) is 11.8 Å². The lowest BCUT2D eigenvalue weighted by Crippen LogP contribution is -2.35. The maximum absolute atomic E-state index is 11.7. The van der Waals surface area contributed by atoms with Crippen molar-refractivity contribution in [2.75, 3.05) is 13.2 Å². The highest BCUT2D eigenvalue weighted by atomic mass is 16.2. The fourth-order valence-electron chi connectivity index (χ4n) is 1.69. The largest absolute Gasteiger partial charge is 0.328 e. The SMILES string of the molecule is CC(C)CN1CNC(C(C)C)C1=O. The number of carbonyl (C=O) groups is 1. The van der Waals surface area contributed by atoms with E-state index in [4.69, 9.17) is 0 Å². The van der Waals surface area contributed by atoms with Gasteiger partial charge in [-0.25, -0.2) is 0 Å². The highest BCUT2D eigenvalue weighted by molar-refractivity contribution is 5.84. The number of hydrogen-bond donors (Lipinski definition) is 1. The number of rotatable bonds is 3. The van der Waals surface area contributed by atoms with Gasteiger partial charge in [0.15, 0.2) is 0 Å². The van der Waals surface area contributed by atoms with Crippen LogP contribution in [0.4, 0.5) is 0 Å². The van der Waals surface area contributed by atoms with Gasteiger partial charge in [0.2, 0.25) is 5.91 Å². The fraction of sp³-hybridized carbons (Fsp3) is 0.900. The number of nitrogens with one attached hydrogen (secondary N) is 1.